The van der Waals surface area contributed by atoms with Crippen LogP contribution in [-0.2, 0) is 4.74 Å². The lowest BCUT2D eigenvalue weighted by Gasteiger charge is -2.14. The van der Waals surface area contributed by atoms with Crippen LogP contribution in [-0.4, -0.2) is 24.4 Å². The number of carbonyl (C=O) groups is 1. The molecule has 0 atom stereocenters. The standard InChI is InChI=1S/C9H7F3INO3/c1-4-5(8(15)16-2)3-14-7(13)6(4)17-9(10,11)12/h3H,1-2H3. The third kappa shape index (κ3) is 3.45. The highest BCUT2D eigenvalue weighted by Gasteiger charge is 2.34. The topological polar surface area (TPSA) is 48.4 Å². The van der Waals surface area contributed by atoms with Gasteiger partial charge in [-0.2, -0.15) is 0 Å². The van der Waals surface area contributed by atoms with Crippen molar-refractivity contribution >= 4 is 28.6 Å². The summed E-state index contributed by atoms with van der Waals surface area (Å²) in [6.07, 6.45) is -3.69. The van der Waals surface area contributed by atoms with Gasteiger partial charge in [0.25, 0.3) is 0 Å². The average Bonchev–Trinajstić information content (AvgIpc) is 2.22. The molecule has 0 aliphatic carbocycles. The van der Waals surface area contributed by atoms with E-state index in [0.717, 1.165) is 13.3 Å². The van der Waals surface area contributed by atoms with Gasteiger partial charge < -0.3 is 9.47 Å². The van der Waals surface area contributed by atoms with Crippen LogP contribution in [0, 0.1) is 10.6 Å². The number of methoxy groups -OCH3 is 1. The molecule has 0 bridgehead atoms. The van der Waals surface area contributed by atoms with Gasteiger partial charge in [-0.3, -0.25) is 0 Å². The molecule has 0 N–H and O–H groups in total. The number of ether oxygens (including phenoxy) is 2. The predicted octanol–water partition coefficient (Wildman–Crippen LogP) is 2.68. The number of esters is 1. The van der Waals surface area contributed by atoms with E-state index in [-0.39, 0.29) is 14.8 Å². The maximum absolute atomic E-state index is 12.1. The fraction of sp³-hybridized carbons (Fsp3) is 0.333. The summed E-state index contributed by atoms with van der Waals surface area (Å²) < 4.78 is 44.7. The van der Waals surface area contributed by atoms with Crippen LogP contribution >= 0.6 is 22.6 Å². The predicted molar refractivity (Wildman–Crippen MR) is 59.7 cm³/mol. The van der Waals surface area contributed by atoms with Crippen molar-refractivity contribution in [3.8, 4) is 5.75 Å². The van der Waals surface area contributed by atoms with Gasteiger partial charge in [-0.15, -0.1) is 13.2 Å². The Morgan fingerprint density at radius 3 is 2.53 bits per heavy atom. The quantitative estimate of drug-likeness (QED) is 0.462. The molecule has 0 fully saturated rings. The summed E-state index contributed by atoms with van der Waals surface area (Å²) in [7, 11) is 1.13. The molecule has 0 aliphatic rings. The summed E-state index contributed by atoms with van der Waals surface area (Å²) in [5.74, 6) is -1.25. The summed E-state index contributed by atoms with van der Waals surface area (Å²) in [6, 6.07) is 0. The zero-order chi connectivity index (χ0) is 13.2. The summed E-state index contributed by atoms with van der Waals surface area (Å²) in [5.41, 5.74) is -0.0271. The zero-order valence-corrected chi connectivity index (χ0v) is 10.9. The fourth-order valence-electron chi connectivity index (χ4n) is 1.10. The number of halogens is 4. The molecule has 1 rings (SSSR count). The van der Waals surface area contributed by atoms with E-state index in [1.165, 1.54) is 6.92 Å². The van der Waals surface area contributed by atoms with Crippen LogP contribution in [0.4, 0.5) is 13.2 Å². The Hall–Kier alpha value is -1.06. The van der Waals surface area contributed by atoms with Gasteiger partial charge in [0, 0.05) is 11.8 Å². The summed E-state index contributed by atoms with van der Waals surface area (Å²) in [5, 5.41) is 0. The average molecular weight is 361 g/mol. The SMILES string of the molecule is COC(=O)c1cnc(I)c(OC(F)(F)F)c1C. The van der Waals surface area contributed by atoms with Gasteiger partial charge in [0.1, 0.15) is 3.70 Å². The second kappa shape index (κ2) is 5.07. The smallest absolute Gasteiger partial charge is 0.465 e. The Kier molecular flexibility index (Phi) is 4.17. The van der Waals surface area contributed by atoms with E-state index < -0.39 is 18.1 Å². The normalized spacial score (nSPS) is 11.2. The van der Waals surface area contributed by atoms with Gasteiger partial charge >= 0.3 is 12.3 Å². The maximum Gasteiger partial charge on any atom is 0.573 e. The highest BCUT2D eigenvalue weighted by atomic mass is 127. The Morgan fingerprint density at radius 2 is 2.06 bits per heavy atom. The Bertz CT molecular complexity index is 448. The van der Waals surface area contributed by atoms with Crippen LogP contribution in [0.25, 0.3) is 0 Å². The van der Waals surface area contributed by atoms with Crippen LogP contribution in [0.2, 0.25) is 0 Å². The first kappa shape index (κ1) is 14.0. The van der Waals surface area contributed by atoms with Crippen molar-refractivity contribution in [2.45, 2.75) is 13.3 Å². The third-order valence-electron chi connectivity index (χ3n) is 1.86. The van der Waals surface area contributed by atoms with Crippen LogP contribution in [0.3, 0.4) is 0 Å². The van der Waals surface area contributed by atoms with E-state index in [0.29, 0.717) is 0 Å². The van der Waals surface area contributed by atoms with Gasteiger partial charge in [-0.05, 0) is 29.5 Å². The molecule has 0 amide bonds. The monoisotopic (exact) mass is 361 g/mol. The first-order valence-electron chi connectivity index (χ1n) is 4.25. The molecule has 1 heterocycles. The highest BCUT2D eigenvalue weighted by molar-refractivity contribution is 14.1. The lowest BCUT2D eigenvalue weighted by Crippen LogP contribution is -2.20. The van der Waals surface area contributed by atoms with Crippen molar-refractivity contribution in [1.29, 1.82) is 0 Å². The molecule has 4 nitrogen and oxygen atoms in total. The lowest BCUT2D eigenvalue weighted by molar-refractivity contribution is -0.275. The van der Waals surface area contributed by atoms with Gasteiger partial charge in [-0.1, -0.05) is 0 Å². The molecule has 0 unspecified atom stereocenters. The summed E-state index contributed by atoms with van der Waals surface area (Å²) in [4.78, 5) is 14.9. The van der Waals surface area contributed by atoms with Gasteiger partial charge in [0.15, 0.2) is 5.75 Å². The Balaban J connectivity index is 3.25. The fourth-order valence-corrected chi connectivity index (χ4v) is 1.76. The number of rotatable bonds is 2. The third-order valence-corrected chi connectivity index (χ3v) is 2.63. The van der Waals surface area contributed by atoms with Crippen molar-refractivity contribution < 1.29 is 27.4 Å². The van der Waals surface area contributed by atoms with Crippen molar-refractivity contribution in [2.24, 2.45) is 0 Å². The highest BCUT2D eigenvalue weighted by Crippen LogP contribution is 2.31. The molecule has 0 aliphatic heterocycles. The maximum atomic E-state index is 12.1. The van der Waals surface area contributed by atoms with E-state index in [1.54, 1.807) is 22.6 Å². The van der Waals surface area contributed by atoms with E-state index in [1.807, 2.05) is 0 Å². The van der Waals surface area contributed by atoms with Crippen molar-refractivity contribution in [3.63, 3.8) is 0 Å². The van der Waals surface area contributed by atoms with Crippen molar-refractivity contribution in [2.75, 3.05) is 7.11 Å². The van der Waals surface area contributed by atoms with Crippen LogP contribution in [0.15, 0.2) is 6.20 Å². The molecule has 1 aromatic heterocycles. The Morgan fingerprint density at radius 1 is 1.47 bits per heavy atom. The number of aromatic nitrogens is 1. The van der Waals surface area contributed by atoms with Gasteiger partial charge in [0.05, 0.1) is 12.7 Å². The summed E-state index contributed by atoms with van der Waals surface area (Å²) >= 11 is 1.59. The first-order chi connectivity index (χ1) is 7.76. The minimum atomic E-state index is -4.83. The zero-order valence-electron chi connectivity index (χ0n) is 8.76. The summed E-state index contributed by atoms with van der Waals surface area (Å²) in [6.45, 7) is 1.33. The molecular formula is C9H7F3INO3. The van der Waals surface area contributed by atoms with E-state index in [4.69, 9.17) is 0 Å². The van der Waals surface area contributed by atoms with E-state index in [2.05, 4.69) is 14.5 Å². The molecule has 0 aromatic carbocycles. The van der Waals surface area contributed by atoms with E-state index >= 15 is 0 Å². The Labute approximate surface area is 108 Å². The molecule has 0 spiro atoms. The number of hydrogen-bond donors (Lipinski definition) is 0. The molecule has 8 heteroatoms. The molecule has 1 aromatic rings. The number of alkyl halides is 3. The van der Waals surface area contributed by atoms with Gasteiger partial charge in [0.2, 0.25) is 0 Å². The number of hydrogen-bond acceptors (Lipinski definition) is 4. The molecule has 17 heavy (non-hydrogen) atoms. The minimum Gasteiger partial charge on any atom is -0.465 e. The molecule has 0 saturated heterocycles. The van der Waals surface area contributed by atoms with Crippen LogP contribution in [0.1, 0.15) is 15.9 Å². The first-order valence-corrected chi connectivity index (χ1v) is 5.33. The molecule has 0 radical (unpaired) electrons. The van der Waals surface area contributed by atoms with E-state index in [9.17, 15) is 18.0 Å². The molecular weight excluding hydrogens is 354 g/mol. The number of pyridine rings is 1. The largest absolute Gasteiger partial charge is 0.573 e. The second-order valence-corrected chi connectivity index (χ2v) is 3.98. The van der Waals surface area contributed by atoms with Crippen molar-refractivity contribution in [1.82, 2.24) is 4.98 Å². The van der Waals surface area contributed by atoms with Crippen molar-refractivity contribution in [3.05, 3.63) is 21.0 Å². The second-order valence-electron chi connectivity index (χ2n) is 2.96. The molecule has 94 valence electrons. The van der Waals surface area contributed by atoms with Gasteiger partial charge in [-0.25, -0.2) is 9.78 Å². The number of carbonyl (C=O) groups excluding carboxylic acids is 1. The lowest BCUT2D eigenvalue weighted by atomic mass is 10.1. The van der Waals surface area contributed by atoms with Crippen LogP contribution in [0.5, 0.6) is 5.75 Å². The molecule has 0 saturated carbocycles. The number of nitrogens with zero attached hydrogens (tertiary/aromatic N) is 1. The van der Waals surface area contributed by atoms with Crippen LogP contribution < -0.4 is 4.74 Å². The minimum absolute atomic E-state index is 0.0186.